The highest BCUT2D eigenvalue weighted by Gasteiger charge is 2.20. The number of aromatic nitrogens is 2. The number of aromatic hydroxyl groups is 1. The van der Waals surface area contributed by atoms with E-state index in [9.17, 15) is 20.0 Å². The molecule has 0 radical (unpaired) electrons. The van der Waals surface area contributed by atoms with E-state index in [0.29, 0.717) is 11.3 Å². The van der Waals surface area contributed by atoms with Gasteiger partial charge < -0.3 is 5.11 Å². The van der Waals surface area contributed by atoms with E-state index in [0.717, 1.165) is 10.2 Å². The number of nitrogens with one attached hydrogen (secondary N) is 1. The van der Waals surface area contributed by atoms with Crippen LogP contribution in [0.4, 0.5) is 0 Å². The number of para-hydroxylation sites is 1. The number of hydrazone groups is 1. The van der Waals surface area contributed by atoms with Gasteiger partial charge in [-0.25, -0.2) is 5.43 Å². The van der Waals surface area contributed by atoms with Crippen molar-refractivity contribution in [2.24, 2.45) is 5.10 Å². The summed E-state index contributed by atoms with van der Waals surface area (Å²) < 4.78 is 1.02. The van der Waals surface area contributed by atoms with E-state index >= 15 is 0 Å². The van der Waals surface area contributed by atoms with Crippen LogP contribution < -0.4 is 11.0 Å². The predicted octanol–water partition coefficient (Wildman–Crippen LogP) is 2.19. The molecule has 3 rings (SSSR count). The molecule has 0 spiro atoms. The van der Waals surface area contributed by atoms with Gasteiger partial charge in [-0.3, -0.25) is 9.59 Å². The van der Waals surface area contributed by atoms with E-state index in [1.165, 1.54) is 19.2 Å². The summed E-state index contributed by atoms with van der Waals surface area (Å²) in [5, 5.41) is 27.1. The zero-order valence-electron chi connectivity index (χ0n) is 15.7. The van der Waals surface area contributed by atoms with E-state index in [1.807, 2.05) is 13.0 Å². The standard InChI is InChI=1S/C21H17N5O3/c1-13-7-9-16(10-8-13)26-21(29)17(11-22)14(2)19(25-26)20(28)24-23-12-15-5-3-4-6-18(15)27/h3-10,12,27H,1-2H3,(H,24,28)/b23-12+. The molecule has 1 heterocycles. The number of phenolic OH excluding ortho intramolecular Hbond substituents is 1. The van der Waals surface area contributed by atoms with Crippen molar-refractivity contribution >= 4 is 12.1 Å². The number of hydrogen-bond donors (Lipinski definition) is 2. The first-order valence-corrected chi connectivity index (χ1v) is 8.65. The summed E-state index contributed by atoms with van der Waals surface area (Å²) in [6.07, 6.45) is 1.28. The normalized spacial score (nSPS) is 10.7. The maximum Gasteiger partial charge on any atom is 0.292 e. The molecule has 8 nitrogen and oxygen atoms in total. The highest BCUT2D eigenvalue weighted by atomic mass is 16.3. The van der Waals surface area contributed by atoms with Gasteiger partial charge in [0.1, 0.15) is 17.4 Å². The van der Waals surface area contributed by atoms with Crippen LogP contribution in [0.25, 0.3) is 5.69 Å². The number of hydrogen-bond acceptors (Lipinski definition) is 6. The molecule has 29 heavy (non-hydrogen) atoms. The van der Waals surface area contributed by atoms with Gasteiger partial charge in [0.25, 0.3) is 11.5 Å². The summed E-state index contributed by atoms with van der Waals surface area (Å²) in [6.45, 7) is 3.38. The number of phenols is 1. The Kier molecular flexibility index (Phi) is 5.51. The van der Waals surface area contributed by atoms with Gasteiger partial charge in [0.15, 0.2) is 5.69 Å². The fraction of sp³-hybridized carbons (Fsp3) is 0.0952. The lowest BCUT2D eigenvalue weighted by atomic mass is 10.1. The van der Waals surface area contributed by atoms with Gasteiger partial charge in [-0.05, 0) is 38.1 Å². The molecule has 1 amide bonds. The zero-order valence-corrected chi connectivity index (χ0v) is 15.7. The van der Waals surface area contributed by atoms with Crippen LogP contribution in [0.2, 0.25) is 0 Å². The minimum absolute atomic E-state index is 0.0134. The molecule has 0 atom stereocenters. The maximum absolute atomic E-state index is 12.6. The molecule has 3 aromatic rings. The molecule has 1 aromatic heterocycles. The van der Waals surface area contributed by atoms with Gasteiger partial charge in [-0.2, -0.15) is 20.1 Å². The Hall–Kier alpha value is -4.25. The lowest BCUT2D eigenvalue weighted by Gasteiger charge is -2.10. The van der Waals surface area contributed by atoms with E-state index < -0.39 is 11.5 Å². The molecular weight excluding hydrogens is 370 g/mol. The smallest absolute Gasteiger partial charge is 0.292 e. The largest absolute Gasteiger partial charge is 0.507 e. The fourth-order valence-corrected chi connectivity index (χ4v) is 2.62. The average Bonchev–Trinajstić information content (AvgIpc) is 2.71. The quantitative estimate of drug-likeness (QED) is 0.525. The third-order valence-electron chi connectivity index (χ3n) is 4.25. The van der Waals surface area contributed by atoms with Gasteiger partial charge in [-0.15, -0.1) is 0 Å². The average molecular weight is 387 g/mol. The zero-order chi connectivity index (χ0) is 21.0. The second kappa shape index (κ2) is 8.19. The summed E-state index contributed by atoms with van der Waals surface area (Å²) >= 11 is 0. The number of carbonyl (C=O) groups excluding carboxylic acids is 1. The van der Waals surface area contributed by atoms with Crippen molar-refractivity contribution in [3.63, 3.8) is 0 Å². The van der Waals surface area contributed by atoms with Crippen molar-refractivity contribution < 1.29 is 9.90 Å². The fourth-order valence-electron chi connectivity index (χ4n) is 2.62. The van der Waals surface area contributed by atoms with Crippen LogP contribution in [0.3, 0.4) is 0 Å². The minimum Gasteiger partial charge on any atom is -0.507 e. The van der Waals surface area contributed by atoms with Crippen LogP contribution in [0.1, 0.15) is 32.7 Å². The van der Waals surface area contributed by atoms with Gasteiger partial charge >= 0.3 is 0 Å². The molecule has 144 valence electrons. The third kappa shape index (κ3) is 4.04. The summed E-state index contributed by atoms with van der Waals surface area (Å²) in [4.78, 5) is 25.2. The first-order chi connectivity index (χ1) is 13.9. The number of benzene rings is 2. The Bertz CT molecular complexity index is 1200. The molecule has 0 saturated heterocycles. The number of nitriles is 1. The molecule has 0 unspecified atom stereocenters. The molecule has 2 aromatic carbocycles. The Morgan fingerprint density at radius 2 is 1.90 bits per heavy atom. The molecule has 0 saturated carbocycles. The maximum atomic E-state index is 12.6. The lowest BCUT2D eigenvalue weighted by Crippen LogP contribution is -2.31. The molecule has 0 aliphatic heterocycles. The van der Waals surface area contributed by atoms with E-state index in [1.54, 1.807) is 42.5 Å². The van der Waals surface area contributed by atoms with Gasteiger partial charge in [0, 0.05) is 11.1 Å². The van der Waals surface area contributed by atoms with Crippen molar-refractivity contribution in [1.82, 2.24) is 15.2 Å². The molecule has 0 fully saturated rings. The molecule has 8 heteroatoms. The van der Waals surface area contributed by atoms with Crippen LogP contribution in [0, 0.1) is 25.2 Å². The summed E-state index contributed by atoms with van der Waals surface area (Å²) in [5.74, 6) is -0.675. The number of rotatable bonds is 4. The van der Waals surface area contributed by atoms with Crippen LogP contribution in [0.5, 0.6) is 5.75 Å². The topological polar surface area (TPSA) is 120 Å². The van der Waals surface area contributed by atoms with Gasteiger partial charge in [0.2, 0.25) is 0 Å². The Balaban J connectivity index is 1.98. The number of carbonyl (C=O) groups is 1. The Morgan fingerprint density at radius 1 is 1.21 bits per heavy atom. The molecule has 0 aliphatic carbocycles. The third-order valence-corrected chi connectivity index (χ3v) is 4.25. The lowest BCUT2D eigenvalue weighted by molar-refractivity contribution is 0.0947. The first kappa shape index (κ1) is 19.5. The van der Waals surface area contributed by atoms with Crippen molar-refractivity contribution in [2.45, 2.75) is 13.8 Å². The van der Waals surface area contributed by atoms with Crippen molar-refractivity contribution in [3.8, 4) is 17.5 Å². The molecule has 2 N–H and O–H groups in total. The van der Waals surface area contributed by atoms with Crippen LogP contribution in [0.15, 0.2) is 58.4 Å². The second-order valence-electron chi connectivity index (χ2n) is 6.27. The summed E-state index contributed by atoms with van der Waals surface area (Å²) in [6, 6.07) is 15.3. The Morgan fingerprint density at radius 3 is 2.55 bits per heavy atom. The van der Waals surface area contributed by atoms with E-state index in [-0.39, 0.29) is 22.6 Å². The van der Waals surface area contributed by atoms with Crippen LogP contribution >= 0.6 is 0 Å². The van der Waals surface area contributed by atoms with E-state index in [4.69, 9.17) is 0 Å². The predicted molar refractivity (Wildman–Crippen MR) is 107 cm³/mol. The highest BCUT2D eigenvalue weighted by molar-refractivity contribution is 5.95. The van der Waals surface area contributed by atoms with Crippen molar-refractivity contribution in [1.29, 1.82) is 5.26 Å². The number of nitrogens with zero attached hydrogens (tertiary/aromatic N) is 4. The Labute approximate surface area is 166 Å². The molecule has 0 bridgehead atoms. The van der Waals surface area contributed by atoms with Crippen molar-refractivity contribution in [3.05, 3.63) is 86.8 Å². The van der Waals surface area contributed by atoms with Gasteiger partial charge in [0.05, 0.1) is 11.9 Å². The summed E-state index contributed by atoms with van der Waals surface area (Å²) in [5.41, 5.74) is 3.43. The second-order valence-corrected chi connectivity index (χ2v) is 6.27. The number of aryl methyl sites for hydroxylation is 1. The monoisotopic (exact) mass is 387 g/mol. The van der Waals surface area contributed by atoms with Crippen LogP contribution in [-0.2, 0) is 0 Å². The molecular formula is C21H17N5O3. The first-order valence-electron chi connectivity index (χ1n) is 8.65. The van der Waals surface area contributed by atoms with Crippen molar-refractivity contribution in [2.75, 3.05) is 0 Å². The summed E-state index contributed by atoms with van der Waals surface area (Å²) in [7, 11) is 0. The van der Waals surface area contributed by atoms with Gasteiger partial charge in [-0.1, -0.05) is 29.8 Å². The highest BCUT2D eigenvalue weighted by Crippen LogP contribution is 2.13. The molecule has 0 aliphatic rings. The number of amides is 1. The van der Waals surface area contributed by atoms with Crippen LogP contribution in [-0.4, -0.2) is 27.0 Å². The minimum atomic E-state index is -0.688. The van der Waals surface area contributed by atoms with E-state index in [2.05, 4.69) is 15.6 Å². The SMILES string of the molecule is Cc1ccc(-n2nc(C(=O)N/N=C/c3ccccc3O)c(C)c(C#N)c2=O)cc1.